The summed E-state index contributed by atoms with van der Waals surface area (Å²) in [6.07, 6.45) is 11.6. The number of aliphatic hydroxyl groups excluding tert-OH is 1. The fraction of sp³-hybridized carbons (Fsp3) is 0.941. The van der Waals surface area contributed by atoms with Crippen molar-refractivity contribution in [3.05, 3.63) is 0 Å². The molecule has 4 nitrogen and oxygen atoms in total. The second-order valence-corrected chi connectivity index (χ2v) is 7.25. The highest BCUT2D eigenvalue weighted by molar-refractivity contribution is 5.78. The summed E-state index contributed by atoms with van der Waals surface area (Å²) in [4.78, 5) is 12.2. The number of amides is 1. The van der Waals surface area contributed by atoms with E-state index in [1.807, 2.05) is 0 Å². The minimum atomic E-state index is -0.238. The summed E-state index contributed by atoms with van der Waals surface area (Å²) in [6.45, 7) is 2.70. The molecule has 0 heterocycles. The molecule has 0 aromatic carbocycles. The zero-order chi connectivity index (χ0) is 15.1. The molecular formula is C17H32N2O2. The Kier molecular flexibility index (Phi) is 6.49. The Morgan fingerprint density at radius 2 is 1.86 bits per heavy atom. The van der Waals surface area contributed by atoms with Crippen molar-refractivity contribution in [1.29, 1.82) is 0 Å². The topological polar surface area (TPSA) is 61.4 Å². The summed E-state index contributed by atoms with van der Waals surface area (Å²) in [5.41, 5.74) is -0.238. The Labute approximate surface area is 129 Å². The fourth-order valence-corrected chi connectivity index (χ4v) is 3.99. The van der Waals surface area contributed by atoms with Gasteiger partial charge in [-0.15, -0.1) is 0 Å². The normalized spacial score (nSPS) is 31.6. The summed E-state index contributed by atoms with van der Waals surface area (Å²) < 4.78 is 0. The highest BCUT2D eigenvalue weighted by Crippen LogP contribution is 2.31. The van der Waals surface area contributed by atoms with Gasteiger partial charge in [0.05, 0.1) is 13.2 Å². The molecule has 0 bridgehead atoms. The van der Waals surface area contributed by atoms with E-state index in [0.29, 0.717) is 18.5 Å². The van der Waals surface area contributed by atoms with Crippen molar-refractivity contribution in [2.75, 3.05) is 13.2 Å². The zero-order valence-electron chi connectivity index (χ0n) is 13.5. The largest absolute Gasteiger partial charge is 0.394 e. The number of carbonyl (C=O) groups is 1. The molecule has 0 aliphatic heterocycles. The van der Waals surface area contributed by atoms with Gasteiger partial charge in [-0.2, -0.15) is 0 Å². The molecule has 2 unspecified atom stereocenters. The van der Waals surface area contributed by atoms with Crippen LogP contribution in [0.2, 0.25) is 0 Å². The Morgan fingerprint density at radius 3 is 2.48 bits per heavy atom. The molecule has 2 aliphatic carbocycles. The van der Waals surface area contributed by atoms with Crippen molar-refractivity contribution < 1.29 is 9.90 Å². The standard InChI is InChI=1S/C17H32N2O2/c1-14-7-6-10-17(11-14,13-20)18-12-16(21)19-15-8-4-2-3-5-9-15/h14-15,18,20H,2-13H2,1H3,(H,19,21). The van der Waals surface area contributed by atoms with E-state index in [2.05, 4.69) is 17.6 Å². The lowest BCUT2D eigenvalue weighted by Gasteiger charge is -2.39. The van der Waals surface area contributed by atoms with E-state index in [0.717, 1.165) is 32.1 Å². The molecule has 0 saturated heterocycles. The van der Waals surface area contributed by atoms with Gasteiger partial charge in [-0.05, 0) is 31.6 Å². The van der Waals surface area contributed by atoms with E-state index < -0.39 is 0 Å². The van der Waals surface area contributed by atoms with Crippen molar-refractivity contribution in [2.24, 2.45) is 5.92 Å². The van der Waals surface area contributed by atoms with E-state index in [4.69, 9.17) is 0 Å². The van der Waals surface area contributed by atoms with Crippen molar-refractivity contribution in [3.8, 4) is 0 Å². The lowest BCUT2D eigenvalue weighted by atomic mass is 9.77. The van der Waals surface area contributed by atoms with Gasteiger partial charge in [-0.1, -0.05) is 45.4 Å². The van der Waals surface area contributed by atoms with Crippen LogP contribution in [0.15, 0.2) is 0 Å². The van der Waals surface area contributed by atoms with Crippen LogP contribution >= 0.6 is 0 Å². The summed E-state index contributed by atoms with van der Waals surface area (Å²) in [7, 11) is 0. The van der Waals surface area contributed by atoms with Crippen LogP contribution in [-0.4, -0.2) is 35.7 Å². The summed E-state index contributed by atoms with van der Waals surface area (Å²) >= 11 is 0. The van der Waals surface area contributed by atoms with Gasteiger partial charge in [0.2, 0.25) is 5.91 Å². The van der Waals surface area contributed by atoms with E-state index in [-0.39, 0.29) is 18.1 Å². The summed E-state index contributed by atoms with van der Waals surface area (Å²) in [5.74, 6) is 0.719. The molecule has 122 valence electrons. The van der Waals surface area contributed by atoms with Crippen molar-refractivity contribution >= 4 is 5.91 Å². The van der Waals surface area contributed by atoms with Gasteiger partial charge in [0.25, 0.3) is 0 Å². The quantitative estimate of drug-likeness (QED) is 0.683. The first kappa shape index (κ1) is 16.8. The number of nitrogens with one attached hydrogen (secondary N) is 2. The van der Waals surface area contributed by atoms with Crippen LogP contribution in [0, 0.1) is 5.92 Å². The average molecular weight is 296 g/mol. The molecule has 2 saturated carbocycles. The van der Waals surface area contributed by atoms with Gasteiger partial charge in [-0.3, -0.25) is 4.79 Å². The van der Waals surface area contributed by atoms with Gasteiger partial charge in [0.15, 0.2) is 0 Å². The minimum Gasteiger partial charge on any atom is -0.394 e. The Morgan fingerprint density at radius 1 is 1.14 bits per heavy atom. The molecular weight excluding hydrogens is 264 g/mol. The molecule has 4 heteroatoms. The molecule has 0 aromatic rings. The minimum absolute atomic E-state index is 0.0907. The first-order valence-corrected chi connectivity index (χ1v) is 8.79. The molecule has 0 spiro atoms. The Hall–Kier alpha value is -0.610. The maximum Gasteiger partial charge on any atom is 0.234 e. The van der Waals surface area contributed by atoms with Crippen LogP contribution in [0.3, 0.4) is 0 Å². The fourth-order valence-electron chi connectivity index (χ4n) is 3.99. The van der Waals surface area contributed by atoms with Crippen LogP contribution in [0.5, 0.6) is 0 Å². The highest BCUT2D eigenvalue weighted by Gasteiger charge is 2.34. The van der Waals surface area contributed by atoms with Gasteiger partial charge in [0.1, 0.15) is 0 Å². The SMILES string of the molecule is CC1CCCC(CO)(NCC(=O)NC2CCCCCC2)C1. The van der Waals surface area contributed by atoms with Crippen LogP contribution in [0.1, 0.15) is 71.1 Å². The van der Waals surface area contributed by atoms with Crippen molar-refractivity contribution in [3.63, 3.8) is 0 Å². The van der Waals surface area contributed by atoms with Crippen LogP contribution in [0.4, 0.5) is 0 Å². The molecule has 2 rings (SSSR count). The van der Waals surface area contributed by atoms with Crippen LogP contribution in [0.25, 0.3) is 0 Å². The number of carbonyl (C=O) groups excluding carboxylic acids is 1. The molecule has 2 atom stereocenters. The second kappa shape index (κ2) is 8.14. The number of rotatable bonds is 5. The first-order chi connectivity index (χ1) is 10.1. The van der Waals surface area contributed by atoms with Gasteiger partial charge < -0.3 is 15.7 Å². The monoisotopic (exact) mass is 296 g/mol. The molecule has 0 aromatic heterocycles. The first-order valence-electron chi connectivity index (χ1n) is 8.79. The van der Waals surface area contributed by atoms with Gasteiger partial charge in [-0.25, -0.2) is 0 Å². The summed E-state index contributed by atoms with van der Waals surface area (Å²) in [5, 5.41) is 16.3. The molecule has 21 heavy (non-hydrogen) atoms. The third-order valence-electron chi connectivity index (χ3n) is 5.24. The molecule has 0 radical (unpaired) electrons. The Balaban J connectivity index is 1.76. The smallest absolute Gasteiger partial charge is 0.234 e. The second-order valence-electron chi connectivity index (χ2n) is 7.25. The molecule has 3 N–H and O–H groups in total. The average Bonchev–Trinajstić information content (AvgIpc) is 2.74. The number of hydrogen-bond acceptors (Lipinski definition) is 3. The molecule has 2 fully saturated rings. The lowest BCUT2D eigenvalue weighted by Crippen LogP contribution is -2.54. The van der Waals surface area contributed by atoms with Crippen LogP contribution < -0.4 is 10.6 Å². The van der Waals surface area contributed by atoms with Crippen molar-refractivity contribution in [2.45, 2.75) is 82.7 Å². The van der Waals surface area contributed by atoms with Crippen molar-refractivity contribution in [1.82, 2.24) is 10.6 Å². The maximum absolute atomic E-state index is 12.2. The predicted molar refractivity (Wildman–Crippen MR) is 85.1 cm³/mol. The highest BCUT2D eigenvalue weighted by atomic mass is 16.3. The lowest BCUT2D eigenvalue weighted by molar-refractivity contribution is -0.121. The molecule has 2 aliphatic rings. The predicted octanol–water partition coefficient (Wildman–Crippen LogP) is 2.36. The third kappa shape index (κ3) is 5.26. The number of hydrogen-bond donors (Lipinski definition) is 3. The maximum atomic E-state index is 12.2. The Bertz CT molecular complexity index is 327. The van der Waals surface area contributed by atoms with E-state index >= 15 is 0 Å². The number of aliphatic hydroxyl groups is 1. The molecule has 1 amide bonds. The summed E-state index contributed by atoms with van der Waals surface area (Å²) in [6, 6.07) is 0.358. The van der Waals surface area contributed by atoms with Crippen LogP contribution in [-0.2, 0) is 4.79 Å². The van der Waals surface area contributed by atoms with Gasteiger partial charge in [0, 0.05) is 11.6 Å². The van der Waals surface area contributed by atoms with E-state index in [9.17, 15) is 9.90 Å². The van der Waals surface area contributed by atoms with E-state index in [1.54, 1.807) is 0 Å². The van der Waals surface area contributed by atoms with Gasteiger partial charge >= 0.3 is 0 Å². The van der Waals surface area contributed by atoms with E-state index in [1.165, 1.54) is 32.1 Å². The third-order valence-corrected chi connectivity index (χ3v) is 5.24. The zero-order valence-corrected chi connectivity index (χ0v) is 13.5.